The maximum absolute atomic E-state index is 10.2. The molecule has 124 valence electrons. The minimum absolute atomic E-state index is 0.281. The van der Waals surface area contributed by atoms with Gasteiger partial charge >= 0.3 is 0 Å². The first-order valence-corrected chi connectivity index (χ1v) is 7.55. The molecule has 6 nitrogen and oxygen atoms in total. The summed E-state index contributed by atoms with van der Waals surface area (Å²) >= 11 is 0. The quantitative estimate of drug-likeness (QED) is 0.582. The summed E-state index contributed by atoms with van der Waals surface area (Å²) in [5.74, 6) is -1.43. The summed E-state index contributed by atoms with van der Waals surface area (Å²) in [4.78, 5) is 0. The molecule has 1 heterocycles. The van der Waals surface area contributed by atoms with E-state index in [0.717, 1.165) is 5.56 Å². The molecule has 6 heteroatoms. The Balaban J connectivity index is 2.03. The molecule has 0 saturated carbocycles. The number of hydrogen-bond acceptors (Lipinski definition) is 6. The molecule has 5 atom stereocenters. The third-order valence-electron chi connectivity index (χ3n) is 4.11. The van der Waals surface area contributed by atoms with Crippen LogP contribution in [0.25, 0.3) is 0 Å². The van der Waals surface area contributed by atoms with E-state index >= 15 is 0 Å². The standard InChI is InChI=1S/C16H24O6/c1-2-16(21-9-8-11-6-4-3-5-7-11)15(20)14(19)13(18)12(10-17)22-16/h3-7,12-15,17-20H,2,8-10H2,1H3/t12-,13-,14+,15-,16+/m1/s1. The smallest absolute Gasteiger partial charge is 0.197 e. The lowest BCUT2D eigenvalue weighted by molar-refractivity contribution is -0.364. The van der Waals surface area contributed by atoms with Gasteiger partial charge in [0.15, 0.2) is 5.79 Å². The van der Waals surface area contributed by atoms with Crippen molar-refractivity contribution in [2.24, 2.45) is 0 Å². The number of aliphatic hydroxyl groups is 4. The Morgan fingerprint density at radius 3 is 2.41 bits per heavy atom. The normalized spacial score (nSPS) is 35.5. The van der Waals surface area contributed by atoms with Crippen molar-refractivity contribution in [1.82, 2.24) is 0 Å². The van der Waals surface area contributed by atoms with Gasteiger partial charge in [-0.1, -0.05) is 37.3 Å². The van der Waals surface area contributed by atoms with E-state index in [1.54, 1.807) is 6.92 Å². The second-order valence-corrected chi connectivity index (χ2v) is 5.51. The highest BCUT2D eigenvalue weighted by molar-refractivity contribution is 5.14. The molecule has 22 heavy (non-hydrogen) atoms. The Morgan fingerprint density at radius 1 is 1.14 bits per heavy atom. The molecular weight excluding hydrogens is 288 g/mol. The molecule has 0 bridgehead atoms. The van der Waals surface area contributed by atoms with Gasteiger partial charge in [-0.25, -0.2) is 0 Å². The van der Waals surface area contributed by atoms with Crippen LogP contribution in [-0.2, 0) is 15.9 Å². The number of hydrogen-bond donors (Lipinski definition) is 4. The van der Waals surface area contributed by atoms with E-state index in [4.69, 9.17) is 9.47 Å². The summed E-state index contributed by atoms with van der Waals surface area (Å²) in [5.41, 5.74) is 1.08. The second-order valence-electron chi connectivity index (χ2n) is 5.51. The van der Waals surface area contributed by atoms with Crippen LogP contribution in [0.3, 0.4) is 0 Å². The molecule has 1 aliphatic heterocycles. The lowest BCUT2D eigenvalue weighted by atomic mass is 9.91. The van der Waals surface area contributed by atoms with E-state index in [1.807, 2.05) is 30.3 Å². The predicted octanol–water partition coefficient (Wildman–Crippen LogP) is -0.174. The van der Waals surface area contributed by atoms with Crippen LogP contribution in [0.1, 0.15) is 18.9 Å². The molecule has 1 aromatic carbocycles. The summed E-state index contributed by atoms with van der Waals surface area (Å²) in [6, 6.07) is 9.72. The zero-order valence-electron chi connectivity index (χ0n) is 12.6. The SMILES string of the molecule is CC[C@]1(OCCc2ccccc2)O[C@H](CO)[C@@H](O)[C@H](O)[C@H]1O. The van der Waals surface area contributed by atoms with Crippen molar-refractivity contribution < 1.29 is 29.9 Å². The van der Waals surface area contributed by atoms with Gasteiger partial charge in [-0.2, -0.15) is 0 Å². The van der Waals surface area contributed by atoms with E-state index in [2.05, 4.69) is 0 Å². The van der Waals surface area contributed by atoms with Gasteiger partial charge in [-0.05, 0) is 12.0 Å². The van der Waals surface area contributed by atoms with Crippen molar-refractivity contribution in [3.63, 3.8) is 0 Å². The van der Waals surface area contributed by atoms with Gasteiger partial charge in [0.2, 0.25) is 0 Å². The summed E-state index contributed by atoms with van der Waals surface area (Å²) in [5, 5.41) is 39.2. The third kappa shape index (κ3) is 3.48. The topological polar surface area (TPSA) is 99.4 Å². The van der Waals surface area contributed by atoms with Gasteiger partial charge < -0.3 is 29.9 Å². The first-order valence-electron chi connectivity index (χ1n) is 7.55. The number of aliphatic hydroxyl groups excluding tert-OH is 4. The first kappa shape index (κ1) is 17.3. The molecule has 2 rings (SSSR count). The molecule has 1 fully saturated rings. The van der Waals surface area contributed by atoms with Crippen molar-refractivity contribution in [3.05, 3.63) is 35.9 Å². The Kier molecular flexibility index (Phi) is 5.91. The predicted molar refractivity (Wildman–Crippen MR) is 79.1 cm³/mol. The number of benzene rings is 1. The van der Waals surface area contributed by atoms with Crippen LogP contribution < -0.4 is 0 Å². The molecule has 0 unspecified atom stereocenters. The monoisotopic (exact) mass is 312 g/mol. The van der Waals surface area contributed by atoms with Crippen LogP contribution in [-0.4, -0.2) is 63.8 Å². The average Bonchev–Trinajstić information content (AvgIpc) is 2.56. The van der Waals surface area contributed by atoms with Crippen molar-refractivity contribution >= 4 is 0 Å². The van der Waals surface area contributed by atoms with Crippen molar-refractivity contribution in [3.8, 4) is 0 Å². The molecule has 0 spiro atoms. The second kappa shape index (κ2) is 7.50. The number of rotatable bonds is 6. The zero-order valence-corrected chi connectivity index (χ0v) is 12.6. The maximum Gasteiger partial charge on any atom is 0.197 e. The molecule has 1 saturated heterocycles. The summed E-state index contributed by atoms with van der Waals surface area (Å²) in [6.45, 7) is 1.58. The summed E-state index contributed by atoms with van der Waals surface area (Å²) in [6.07, 6.45) is -4.24. The van der Waals surface area contributed by atoms with E-state index in [1.165, 1.54) is 0 Å². The van der Waals surface area contributed by atoms with Crippen molar-refractivity contribution in [1.29, 1.82) is 0 Å². The molecule has 1 aromatic rings. The fraction of sp³-hybridized carbons (Fsp3) is 0.625. The largest absolute Gasteiger partial charge is 0.394 e. The number of ether oxygens (including phenoxy) is 2. The lowest BCUT2D eigenvalue weighted by Gasteiger charge is -2.47. The van der Waals surface area contributed by atoms with Gasteiger partial charge in [-0.3, -0.25) is 0 Å². The van der Waals surface area contributed by atoms with Crippen LogP contribution in [0.15, 0.2) is 30.3 Å². The molecule has 4 N–H and O–H groups in total. The van der Waals surface area contributed by atoms with Crippen molar-refractivity contribution in [2.75, 3.05) is 13.2 Å². The zero-order chi connectivity index (χ0) is 16.2. The molecule has 0 radical (unpaired) electrons. The fourth-order valence-electron chi connectivity index (χ4n) is 2.71. The Hall–Kier alpha value is -1.02. The lowest BCUT2D eigenvalue weighted by Crippen LogP contribution is -2.66. The van der Waals surface area contributed by atoms with Gasteiger partial charge in [0.1, 0.15) is 24.4 Å². The highest BCUT2D eigenvalue weighted by atomic mass is 16.7. The Morgan fingerprint density at radius 2 is 1.82 bits per heavy atom. The molecular formula is C16H24O6. The van der Waals surface area contributed by atoms with Crippen LogP contribution >= 0.6 is 0 Å². The molecule has 0 aliphatic carbocycles. The van der Waals surface area contributed by atoms with Crippen LogP contribution in [0.2, 0.25) is 0 Å². The maximum atomic E-state index is 10.2. The van der Waals surface area contributed by atoms with Gasteiger partial charge in [0.05, 0.1) is 13.2 Å². The van der Waals surface area contributed by atoms with Gasteiger partial charge in [0.25, 0.3) is 0 Å². The highest BCUT2D eigenvalue weighted by Gasteiger charge is 2.53. The van der Waals surface area contributed by atoms with E-state index < -0.39 is 36.8 Å². The van der Waals surface area contributed by atoms with Crippen LogP contribution in [0.5, 0.6) is 0 Å². The van der Waals surface area contributed by atoms with Gasteiger partial charge in [-0.15, -0.1) is 0 Å². The van der Waals surface area contributed by atoms with Crippen molar-refractivity contribution in [2.45, 2.75) is 50.0 Å². The first-order chi connectivity index (χ1) is 10.5. The Bertz CT molecular complexity index is 451. The summed E-state index contributed by atoms with van der Waals surface area (Å²) in [7, 11) is 0. The minimum atomic E-state index is -1.43. The third-order valence-corrected chi connectivity index (χ3v) is 4.11. The van der Waals surface area contributed by atoms with Crippen LogP contribution in [0.4, 0.5) is 0 Å². The van der Waals surface area contributed by atoms with Crippen LogP contribution in [0, 0.1) is 0 Å². The molecule has 1 aliphatic rings. The van der Waals surface area contributed by atoms with E-state index in [-0.39, 0.29) is 13.0 Å². The average molecular weight is 312 g/mol. The highest BCUT2D eigenvalue weighted by Crippen LogP contribution is 2.34. The minimum Gasteiger partial charge on any atom is -0.394 e. The fourth-order valence-corrected chi connectivity index (χ4v) is 2.71. The summed E-state index contributed by atoms with van der Waals surface area (Å²) < 4.78 is 11.3. The molecule has 0 amide bonds. The van der Waals surface area contributed by atoms with Gasteiger partial charge in [0, 0.05) is 6.42 Å². The van der Waals surface area contributed by atoms with E-state index in [9.17, 15) is 20.4 Å². The van der Waals surface area contributed by atoms with E-state index in [0.29, 0.717) is 6.42 Å². The molecule has 0 aromatic heterocycles. The Labute approximate surface area is 129 Å².